The highest BCUT2D eigenvalue weighted by Crippen LogP contribution is 2.33. The third-order valence-electron chi connectivity index (χ3n) is 6.05. The van der Waals surface area contributed by atoms with Crippen molar-refractivity contribution in [1.82, 2.24) is 29.6 Å². The molecule has 0 fully saturated rings. The van der Waals surface area contributed by atoms with Crippen LogP contribution in [-0.4, -0.2) is 43.5 Å². The molecule has 0 spiro atoms. The molecule has 1 aliphatic rings. The van der Waals surface area contributed by atoms with E-state index >= 15 is 0 Å². The lowest BCUT2D eigenvalue weighted by molar-refractivity contribution is 0.147. The molecule has 0 saturated carbocycles. The Balaban J connectivity index is 1.31. The van der Waals surface area contributed by atoms with Crippen LogP contribution in [-0.2, 0) is 20.5 Å². The summed E-state index contributed by atoms with van der Waals surface area (Å²) in [7, 11) is 3.88. The highest BCUT2D eigenvalue weighted by Gasteiger charge is 2.31. The first-order valence-corrected chi connectivity index (χ1v) is 11.2. The summed E-state index contributed by atoms with van der Waals surface area (Å²) in [5.41, 5.74) is 5.77. The van der Waals surface area contributed by atoms with Crippen LogP contribution in [0.5, 0.6) is 5.88 Å². The first kappa shape index (κ1) is 21.7. The molecule has 1 aliphatic heterocycles. The fraction of sp³-hybridized carbons (Fsp3) is 0.280. The van der Waals surface area contributed by atoms with E-state index in [1.54, 1.807) is 11.0 Å². The van der Waals surface area contributed by atoms with E-state index in [-0.39, 0.29) is 12.1 Å². The van der Waals surface area contributed by atoms with E-state index in [1.165, 1.54) is 5.56 Å². The number of nitrogens with zero attached hydrogens (tertiary/aromatic N) is 6. The first-order chi connectivity index (χ1) is 16.6. The lowest BCUT2D eigenvalue weighted by Crippen LogP contribution is -2.44. The average Bonchev–Trinajstić information content (AvgIpc) is 3.49. The van der Waals surface area contributed by atoms with E-state index in [4.69, 9.17) is 10.00 Å². The molecule has 0 aliphatic carbocycles. The average molecular weight is 455 g/mol. The Hall–Kier alpha value is -4.16. The van der Waals surface area contributed by atoms with E-state index in [0.717, 1.165) is 35.5 Å². The van der Waals surface area contributed by atoms with Gasteiger partial charge in [-0.05, 0) is 36.7 Å². The van der Waals surface area contributed by atoms with Crippen LogP contribution in [0.4, 0.5) is 5.69 Å². The van der Waals surface area contributed by atoms with Crippen molar-refractivity contribution in [3.8, 4) is 23.1 Å². The lowest BCUT2D eigenvalue weighted by atomic mass is 10.0. The number of aromatic nitrogens is 5. The second kappa shape index (κ2) is 9.37. The fourth-order valence-electron chi connectivity index (χ4n) is 4.19. The molecule has 0 saturated heterocycles. The van der Waals surface area contributed by atoms with E-state index in [0.29, 0.717) is 18.0 Å². The van der Waals surface area contributed by atoms with Crippen molar-refractivity contribution in [2.75, 3.05) is 18.4 Å². The molecule has 0 bridgehead atoms. The number of anilines is 1. The molecule has 0 unspecified atom stereocenters. The van der Waals surface area contributed by atoms with Crippen molar-refractivity contribution in [3.63, 3.8) is 0 Å². The normalized spacial score (nSPS) is 15.6. The number of nitriles is 1. The molecule has 3 aromatic heterocycles. The maximum atomic E-state index is 9.00. The van der Waals surface area contributed by atoms with Gasteiger partial charge in [0.1, 0.15) is 6.10 Å². The molecule has 2 N–H and O–H groups in total. The van der Waals surface area contributed by atoms with Gasteiger partial charge in [0, 0.05) is 43.8 Å². The number of hydrogen-bond donors (Lipinski definition) is 2. The van der Waals surface area contributed by atoms with E-state index in [9.17, 15) is 0 Å². The summed E-state index contributed by atoms with van der Waals surface area (Å²) in [6.07, 6.45) is 9.95. The van der Waals surface area contributed by atoms with Crippen molar-refractivity contribution >= 4 is 5.69 Å². The molecule has 9 heteroatoms. The number of nitrogens with one attached hydrogen (secondary N) is 2. The Bertz CT molecular complexity index is 1320. The van der Waals surface area contributed by atoms with Crippen LogP contribution in [0.15, 0.2) is 61.4 Å². The van der Waals surface area contributed by atoms with E-state index < -0.39 is 0 Å². The molecule has 0 amide bonds. The number of benzene rings is 1. The van der Waals surface area contributed by atoms with Gasteiger partial charge in [0.05, 0.1) is 48.1 Å². The predicted octanol–water partition coefficient (Wildman–Crippen LogP) is 2.83. The lowest BCUT2D eigenvalue weighted by Gasteiger charge is -2.33. The molecule has 4 aromatic rings. The van der Waals surface area contributed by atoms with Crippen LogP contribution in [0.3, 0.4) is 0 Å². The summed E-state index contributed by atoms with van der Waals surface area (Å²) in [6, 6.07) is 11.8. The minimum atomic E-state index is -0.166. The van der Waals surface area contributed by atoms with Gasteiger partial charge in [-0.1, -0.05) is 12.1 Å². The third kappa shape index (κ3) is 4.49. The molecular weight excluding hydrogens is 428 g/mol. The Morgan fingerprint density at radius 2 is 2.06 bits per heavy atom. The maximum absolute atomic E-state index is 9.00. The monoisotopic (exact) mass is 454 g/mol. The van der Waals surface area contributed by atoms with Crippen LogP contribution < -0.4 is 15.4 Å². The van der Waals surface area contributed by atoms with Gasteiger partial charge in [0.15, 0.2) is 0 Å². The number of rotatable bonds is 7. The van der Waals surface area contributed by atoms with Crippen molar-refractivity contribution in [3.05, 3.63) is 78.3 Å². The summed E-state index contributed by atoms with van der Waals surface area (Å²) in [6.45, 7) is 1.38. The topological polar surface area (TPSA) is 106 Å². The van der Waals surface area contributed by atoms with Crippen molar-refractivity contribution < 1.29 is 4.74 Å². The van der Waals surface area contributed by atoms with E-state index in [2.05, 4.69) is 31.8 Å². The number of aryl methyl sites for hydroxylation is 2. The van der Waals surface area contributed by atoms with Crippen molar-refractivity contribution in [1.29, 1.82) is 5.26 Å². The number of imidazole rings is 1. The Kier molecular flexibility index (Phi) is 5.97. The maximum Gasteiger partial charge on any atom is 0.237 e. The minimum absolute atomic E-state index is 0.0775. The molecular formula is C25H26N8O. The molecule has 9 nitrogen and oxygen atoms in total. The van der Waals surface area contributed by atoms with Crippen LogP contribution in [0.1, 0.15) is 22.9 Å². The van der Waals surface area contributed by atoms with Gasteiger partial charge < -0.3 is 19.9 Å². The molecule has 34 heavy (non-hydrogen) atoms. The molecule has 0 radical (unpaired) electrons. The van der Waals surface area contributed by atoms with Crippen LogP contribution >= 0.6 is 0 Å². The number of fused-ring (bicyclic) bond motifs is 1. The number of hydrogen-bond acceptors (Lipinski definition) is 7. The second-order valence-corrected chi connectivity index (χ2v) is 8.44. The van der Waals surface area contributed by atoms with Gasteiger partial charge in [0.25, 0.3) is 0 Å². The van der Waals surface area contributed by atoms with Gasteiger partial charge in [-0.3, -0.25) is 4.68 Å². The molecule has 2 atom stereocenters. The van der Waals surface area contributed by atoms with Gasteiger partial charge >= 0.3 is 0 Å². The zero-order valence-corrected chi connectivity index (χ0v) is 19.1. The van der Waals surface area contributed by atoms with Gasteiger partial charge in [-0.2, -0.15) is 10.4 Å². The summed E-state index contributed by atoms with van der Waals surface area (Å²) in [5.74, 6) is 0.588. The first-order valence-electron chi connectivity index (χ1n) is 11.2. The van der Waals surface area contributed by atoms with Crippen LogP contribution in [0, 0.1) is 11.3 Å². The SMILES string of the molecule is Cn1cc(-c2cnc3c(c2)NC[C@H]([C@@H](NCCc2ccc(C#N)cc2)c2cncn2C)O3)cn1. The summed E-state index contributed by atoms with van der Waals surface area (Å²) in [5, 5.41) is 20.4. The molecule has 4 heterocycles. The van der Waals surface area contributed by atoms with Gasteiger partial charge in [0.2, 0.25) is 5.88 Å². The zero-order valence-electron chi connectivity index (χ0n) is 19.1. The largest absolute Gasteiger partial charge is 0.469 e. The summed E-state index contributed by atoms with van der Waals surface area (Å²) in [4.78, 5) is 8.89. The quantitative estimate of drug-likeness (QED) is 0.442. The predicted molar refractivity (Wildman–Crippen MR) is 128 cm³/mol. The summed E-state index contributed by atoms with van der Waals surface area (Å²) >= 11 is 0. The van der Waals surface area contributed by atoms with E-state index in [1.807, 2.05) is 73.8 Å². The Labute approximate surface area is 198 Å². The number of ether oxygens (including phenoxy) is 1. The standard InChI is InChI=1S/C25H26N8O/c1-32-16-27-13-22(32)24(28-8-7-17-3-5-18(10-26)6-4-17)23-14-29-21-9-19(11-30-25(21)34-23)20-12-31-33(2)15-20/h3-6,9,11-13,15-16,23-24,28-29H,7-8,14H2,1-2H3/t23-,24+/m1/s1. The Morgan fingerprint density at radius 3 is 2.76 bits per heavy atom. The van der Waals surface area contributed by atoms with Crippen molar-refractivity contribution in [2.45, 2.75) is 18.6 Å². The van der Waals surface area contributed by atoms with Crippen molar-refractivity contribution in [2.24, 2.45) is 14.1 Å². The molecule has 1 aromatic carbocycles. The highest BCUT2D eigenvalue weighted by atomic mass is 16.5. The van der Waals surface area contributed by atoms with Gasteiger partial charge in [-0.25, -0.2) is 9.97 Å². The second-order valence-electron chi connectivity index (χ2n) is 8.44. The van der Waals surface area contributed by atoms with Crippen LogP contribution in [0.25, 0.3) is 11.1 Å². The molecule has 172 valence electrons. The minimum Gasteiger partial charge on any atom is -0.469 e. The van der Waals surface area contributed by atoms with Gasteiger partial charge in [-0.15, -0.1) is 0 Å². The highest BCUT2D eigenvalue weighted by molar-refractivity contribution is 5.69. The zero-order chi connectivity index (χ0) is 23.5. The fourth-order valence-corrected chi connectivity index (χ4v) is 4.19. The Morgan fingerprint density at radius 1 is 1.21 bits per heavy atom. The summed E-state index contributed by atoms with van der Waals surface area (Å²) < 4.78 is 10.2. The van der Waals surface area contributed by atoms with Crippen LogP contribution in [0.2, 0.25) is 0 Å². The smallest absolute Gasteiger partial charge is 0.237 e. The number of pyridine rings is 1. The third-order valence-corrected chi connectivity index (χ3v) is 6.05. The molecule has 5 rings (SSSR count).